The quantitative estimate of drug-likeness (QED) is 0.588. The van der Waals surface area contributed by atoms with E-state index in [9.17, 15) is 5.11 Å². The van der Waals surface area contributed by atoms with Gasteiger partial charge in [0, 0.05) is 12.0 Å². The minimum Gasteiger partial charge on any atom is -1.00 e. The lowest BCUT2D eigenvalue weighted by Gasteiger charge is -2.44. The molecular weight excluding hydrogens is 302 g/mol. The highest BCUT2D eigenvalue weighted by molar-refractivity contribution is 5.28. The SMILES string of the molecule is CC(C)=CC[N+]1(C)Cc2ccccc2C[C@H]1CO.[Br-]. The van der Waals surface area contributed by atoms with E-state index < -0.39 is 0 Å². The summed E-state index contributed by atoms with van der Waals surface area (Å²) in [5.41, 5.74) is 4.20. The highest BCUT2D eigenvalue weighted by Gasteiger charge is 2.36. The molecule has 0 aliphatic carbocycles. The number of allylic oxidation sites excluding steroid dienone is 1. The first-order chi connectivity index (χ1) is 8.55. The van der Waals surface area contributed by atoms with Gasteiger partial charge >= 0.3 is 0 Å². The summed E-state index contributed by atoms with van der Waals surface area (Å²) in [4.78, 5) is 0. The fourth-order valence-electron chi connectivity index (χ4n) is 2.77. The van der Waals surface area contributed by atoms with Crippen LogP contribution in [0.3, 0.4) is 0 Å². The van der Waals surface area contributed by atoms with E-state index in [1.54, 1.807) is 0 Å². The minimum atomic E-state index is 0. The number of hydrogen-bond donors (Lipinski definition) is 1. The lowest BCUT2D eigenvalue weighted by Crippen LogP contribution is -3.00. The lowest BCUT2D eigenvalue weighted by atomic mass is 9.92. The summed E-state index contributed by atoms with van der Waals surface area (Å²) in [7, 11) is 2.26. The van der Waals surface area contributed by atoms with Crippen LogP contribution in [-0.4, -0.2) is 35.8 Å². The lowest BCUT2D eigenvalue weighted by molar-refractivity contribution is -0.943. The highest BCUT2D eigenvalue weighted by Crippen LogP contribution is 2.28. The van der Waals surface area contributed by atoms with Crippen molar-refractivity contribution in [1.29, 1.82) is 0 Å². The van der Waals surface area contributed by atoms with Gasteiger partial charge in [0.2, 0.25) is 0 Å². The van der Waals surface area contributed by atoms with Gasteiger partial charge in [-0.15, -0.1) is 0 Å². The van der Waals surface area contributed by atoms with Gasteiger partial charge < -0.3 is 26.6 Å². The number of aliphatic hydroxyl groups excluding tert-OH is 1. The zero-order chi connectivity index (χ0) is 13.2. The highest BCUT2D eigenvalue weighted by atomic mass is 79.9. The molecule has 1 aromatic carbocycles. The molecule has 1 aliphatic rings. The van der Waals surface area contributed by atoms with Crippen LogP contribution in [0.2, 0.25) is 0 Å². The maximum atomic E-state index is 9.68. The summed E-state index contributed by atoms with van der Waals surface area (Å²) in [6.07, 6.45) is 3.27. The van der Waals surface area contributed by atoms with Crippen molar-refractivity contribution < 1.29 is 26.6 Å². The first-order valence-electron chi connectivity index (χ1n) is 6.70. The molecule has 0 spiro atoms. The van der Waals surface area contributed by atoms with Crippen molar-refractivity contribution in [3.05, 3.63) is 47.0 Å². The van der Waals surface area contributed by atoms with Crippen LogP contribution in [0, 0.1) is 0 Å². The van der Waals surface area contributed by atoms with Gasteiger partial charge in [0.15, 0.2) is 0 Å². The number of fused-ring (bicyclic) bond motifs is 1. The Morgan fingerprint density at radius 1 is 1.32 bits per heavy atom. The molecule has 2 atom stereocenters. The van der Waals surface area contributed by atoms with Crippen LogP contribution in [0.25, 0.3) is 0 Å². The number of quaternary nitrogens is 1. The molecule has 0 bridgehead atoms. The first kappa shape index (κ1) is 16.4. The van der Waals surface area contributed by atoms with E-state index >= 15 is 0 Å². The Balaban J connectivity index is 0.00000180. The third-order valence-electron chi connectivity index (χ3n) is 4.11. The van der Waals surface area contributed by atoms with Crippen LogP contribution >= 0.6 is 0 Å². The summed E-state index contributed by atoms with van der Waals surface area (Å²) in [6.45, 7) is 6.56. The average molecular weight is 326 g/mol. The topological polar surface area (TPSA) is 20.2 Å². The van der Waals surface area contributed by atoms with Gasteiger partial charge in [-0.05, 0) is 25.5 Å². The number of hydrogen-bond acceptors (Lipinski definition) is 1. The number of benzene rings is 1. The fraction of sp³-hybridized carbons (Fsp3) is 0.500. The molecule has 2 rings (SSSR count). The Bertz CT molecular complexity index is 454. The second kappa shape index (κ2) is 6.69. The predicted octanol–water partition coefficient (Wildman–Crippen LogP) is -0.480. The Morgan fingerprint density at radius 2 is 1.95 bits per heavy atom. The third-order valence-corrected chi connectivity index (χ3v) is 4.11. The number of nitrogens with zero attached hydrogens (tertiary/aromatic N) is 1. The molecule has 1 N–H and O–H groups in total. The van der Waals surface area contributed by atoms with Crippen LogP contribution in [0.4, 0.5) is 0 Å². The molecule has 0 saturated heterocycles. The molecule has 1 aliphatic heterocycles. The normalized spacial score (nSPS) is 25.2. The number of aliphatic hydroxyl groups is 1. The Morgan fingerprint density at radius 3 is 2.53 bits per heavy atom. The van der Waals surface area contributed by atoms with E-state index in [1.165, 1.54) is 16.7 Å². The summed E-state index contributed by atoms with van der Waals surface area (Å²) >= 11 is 0. The number of halogens is 1. The van der Waals surface area contributed by atoms with Crippen LogP contribution in [0.15, 0.2) is 35.9 Å². The van der Waals surface area contributed by atoms with Crippen molar-refractivity contribution in [2.24, 2.45) is 0 Å². The molecule has 106 valence electrons. The fourth-order valence-corrected chi connectivity index (χ4v) is 2.77. The maximum Gasteiger partial charge on any atom is 0.117 e. The first-order valence-corrected chi connectivity index (χ1v) is 6.70. The summed E-state index contributed by atoms with van der Waals surface area (Å²) in [5, 5.41) is 9.68. The standard InChI is InChI=1S/C16H24NO.BrH/c1-13(2)8-9-17(3)11-15-7-5-4-6-14(15)10-16(17)12-18;/h4-8,16,18H,9-12H2,1-3H3;1H/q+1;/p-1/t16-,17?;/m0./s1. The number of rotatable bonds is 3. The Labute approximate surface area is 127 Å². The van der Waals surface area contributed by atoms with Crippen molar-refractivity contribution >= 4 is 0 Å². The minimum absolute atomic E-state index is 0. The van der Waals surface area contributed by atoms with Gasteiger partial charge in [-0.2, -0.15) is 0 Å². The maximum absolute atomic E-state index is 9.68. The van der Waals surface area contributed by atoms with Crippen LogP contribution in [-0.2, 0) is 13.0 Å². The molecule has 0 aromatic heterocycles. The summed E-state index contributed by atoms with van der Waals surface area (Å²) < 4.78 is 0.915. The van der Waals surface area contributed by atoms with E-state index in [4.69, 9.17) is 0 Å². The van der Waals surface area contributed by atoms with Crippen LogP contribution in [0.5, 0.6) is 0 Å². The third kappa shape index (κ3) is 3.68. The predicted molar refractivity (Wildman–Crippen MR) is 75.2 cm³/mol. The molecule has 2 nitrogen and oxygen atoms in total. The Kier molecular flexibility index (Phi) is 5.78. The second-order valence-electron chi connectivity index (χ2n) is 5.91. The Hall–Kier alpha value is -0.640. The van der Waals surface area contributed by atoms with Crippen LogP contribution in [0.1, 0.15) is 25.0 Å². The van der Waals surface area contributed by atoms with Crippen molar-refractivity contribution in [3.63, 3.8) is 0 Å². The van der Waals surface area contributed by atoms with Crippen molar-refractivity contribution in [2.75, 3.05) is 20.2 Å². The molecule has 19 heavy (non-hydrogen) atoms. The molecule has 1 heterocycles. The van der Waals surface area contributed by atoms with E-state index in [0.29, 0.717) is 6.04 Å². The molecule has 3 heteroatoms. The molecule has 0 amide bonds. The second-order valence-corrected chi connectivity index (χ2v) is 5.91. The monoisotopic (exact) mass is 325 g/mol. The van der Waals surface area contributed by atoms with Gasteiger partial charge in [0.1, 0.15) is 12.6 Å². The van der Waals surface area contributed by atoms with Gasteiger partial charge in [-0.1, -0.05) is 29.8 Å². The van der Waals surface area contributed by atoms with Gasteiger partial charge in [0.25, 0.3) is 0 Å². The van der Waals surface area contributed by atoms with Crippen molar-refractivity contribution in [2.45, 2.75) is 32.9 Å². The van der Waals surface area contributed by atoms with E-state index in [0.717, 1.165) is 24.0 Å². The summed E-state index contributed by atoms with van der Waals surface area (Å²) in [5.74, 6) is 0. The van der Waals surface area contributed by atoms with Crippen molar-refractivity contribution in [1.82, 2.24) is 0 Å². The average Bonchev–Trinajstić information content (AvgIpc) is 2.35. The molecule has 0 fully saturated rings. The van der Waals surface area contributed by atoms with Gasteiger partial charge in [-0.3, -0.25) is 0 Å². The molecular formula is C16H24BrNO. The summed E-state index contributed by atoms with van der Waals surface area (Å²) in [6, 6.07) is 8.95. The van der Waals surface area contributed by atoms with E-state index in [2.05, 4.69) is 51.2 Å². The van der Waals surface area contributed by atoms with Crippen LogP contribution < -0.4 is 17.0 Å². The van der Waals surface area contributed by atoms with Gasteiger partial charge in [-0.25, -0.2) is 0 Å². The zero-order valence-electron chi connectivity index (χ0n) is 12.1. The van der Waals surface area contributed by atoms with E-state index in [1.807, 2.05) is 0 Å². The van der Waals surface area contributed by atoms with Gasteiger partial charge in [0.05, 0.1) is 20.2 Å². The largest absolute Gasteiger partial charge is 1.00 e. The number of likely N-dealkylation sites (N-methyl/N-ethyl adjacent to an activating group) is 1. The molecule has 1 aromatic rings. The molecule has 1 unspecified atom stereocenters. The zero-order valence-corrected chi connectivity index (χ0v) is 13.7. The molecule has 0 radical (unpaired) electrons. The van der Waals surface area contributed by atoms with Crippen molar-refractivity contribution in [3.8, 4) is 0 Å². The van der Waals surface area contributed by atoms with E-state index in [-0.39, 0.29) is 23.6 Å². The molecule has 0 saturated carbocycles. The smallest absolute Gasteiger partial charge is 0.117 e.